The molecule has 1 saturated heterocycles. The first-order chi connectivity index (χ1) is 6.39. The summed E-state index contributed by atoms with van der Waals surface area (Å²) in [4.78, 5) is 0. The van der Waals surface area contributed by atoms with Crippen molar-refractivity contribution in [1.82, 2.24) is 5.32 Å². The average Bonchev–Trinajstić information content (AvgIpc) is 2.22. The molecule has 0 atom stereocenters. The lowest BCUT2D eigenvalue weighted by atomic mass is 10.0. The van der Waals surface area contributed by atoms with E-state index in [-0.39, 0.29) is 0 Å². The average molecular weight is 187 g/mol. The third-order valence-electron chi connectivity index (χ3n) is 2.77. The number of halogens is 1. The lowest BCUT2D eigenvalue weighted by Gasteiger charge is -2.14. The maximum absolute atomic E-state index is 12.1. The van der Waals surface area contributed by atoms with E-state index in [0.29, 0.717) is 12.8 Å². The molecule has 0 radical (unpaired) electrons. The molecule has 1 aliphatic carbocycles. The Balaban J connectivity index is 0.000000132. The summed E-state index contributed by atoms with van der Waals surface area (Å²) >= 11 is 0. The molecule has 0 aromatic heterocycles. The topological polar surface area (TPSA) is 12.0 Å². The molecule has 2 rings (SSSR count). The van der Waals surface area contributed by atoms with Crippen molar-refractivity contribution in [2.45, 2.75) is 57.5 Å². The van der Waals surface area contributed by atoms with Gasteiger partial charge in [0.25, 0.3) is 0 Å². The number of nitrogens with one attached hydrogen (secondary N) is 1. The van der Waals surface area contributed by atoms with Gasteiger partial charge in [-0.2, -0.15) is 0 Å². The summed E-state index contributed by atoms with van der Waals surface area (Å²) in [6.45, 7) is 1.72. The number of rotatable bonds is 0. The van der Waals surface area contributed by atoms with Gasteiger partial charge in [-0.05, 0) is 25.9 Å². The van der Waals surface area contributed by atoms with Gasteiger partial charge in [0.1, 0.15) is 6.17 Å². The highest BCUT2D eigenvalue weighted by atomic mass is 19.1. The van der Waals surface area contributed by atoms with Crippen LogP contribution in [0.2, 0.25) is 0 Å². The number of hydrogen-bond acceptors (Lipinski definition) is 1. The van der Waals surface area contributed by atoms with Crippen LogP contribution in [-0.2, 0) is 0 Å². The summed E-state index contributed by atoms with van der Waals surface area (Å²) in [5.74, 6) is 0. The van der Waals surface area contributed by atoms with Crippen molar-refractivity contribution < 1.29 is 4.39 Å². The molecule has 13 heavy (non-hydrogen) atoms. The summed E-state index contributed by atoms with van der Waals surface area (Å²) in [5.41, 5.74) is 0. The van der Waals surface area contributed by atoms with Crippen molar-refractivity contribution in [3.8, 4) is 0 Å². The third kappa shape index (κ3) is 6.03. The summed E-state index contributed by atoms with van der Waals surface area (Å²) in [5, 5.41) is 3.08. The van der Waals surface area contributed by atoms with E-state index in [1.165, 1.54) is 38.5 Å². The largest absolute Gasteiger partial charge is 0.317 e. The Labute approximate surface area is 81.1 Å². The van der Waals surface area contributed by atoms with Crippen LogP contribution in [0, 0.1) is 0 Å². The normalized spacial score (nSPS) is 24.7. The quantitative estimate of drug-likeness (QED) is 0.614. The smallest absolute Gasteiger partial charge is 0.103 e. The minimum atomic E-state index is -0.527. The van der Waals surface area contributed by atoms with Crippen LogP contribution < -0.4 is 5.32 Å². The molecule has 0 spiro atoms. The van der Waals surface area contributed by atoms with E-state index in [1.807, 2.05) is 0 Å². The van der Waals surface area contributed by atoms with Crippen molar-refractivity contribution >= 4 is 0 Å². The van der Waals surface area contributed by atoms with Gasteiger partial charge in [-0.25, -0.2) is 4.39 Å². The van der Waals surface area contributed by atoms with E-state index in [4.69, 9.17) is 0 Å². The van der Waals surface area contributed by atoms with Gasteiger partial charge in [0, 0.05) is 0 Å². The minimum absolute atomic E-state index is 0.527. The first kappa shape index (κ1) is 11.0. The monoisotopic (exact) mass is 187 g/mol. The second kappa shape index (κ2) is 7.31. The fourth-order valence-corrected chi connectivity index (χ4v) is 1.85. The van der Waals surface area contributed by atoms with Crippen LogP contribution in [0.3, 0.4) is 0 Å². The fraction of sp³-hybridized carbons (Fsp3) is 1.00. The lowest BCUT2D eigenvalue weighted by Crippen LogP contribution is -2.28. The van der Waals surface area contributed by atoms with Gasteiger partial charge in [-0.15, -0.1) is 0 Å². The molecule has 1 N–H and O–H groups in total. The summed E-state index contributed by atoms with van der Waals surface area (Å²) in [6.07, 6.45) is 9.89. The molecule has 2 aliphatic rings. The number of hydrogen-bond donors (Lipinski definition) is 1. The molecule has 1 saturated carbocycles. The molecule has 0 aromatic rings. The lowest BCUT2D eigenvalue weighted by molar-refractivity contribution is 0.262. The van der Waals surface area contributed by atoms with Gasteiger partial charge in [0.2, 0.25) is 0 Å². The molecule has 78 valence electrons. The third-order valence-corrected chi connectivity index (χ3v) is 2.77. The molecule has 1 aliphatic heterocycles. The molecule has 1 heterocycles. The van der Waals surface area contributed by atoms with Crippen molar-refractivity contribution in [3.05, 3.63) is 0 Å². The second-order valence-corrected chi connectivity index (χ2v) is 4.05. The van der Waals surface area contributed by atoms with E-state index < -0.39 is 6.17 Å². The van der Waals surface area contributed by atoms with Crippen LogP contribution in [0.15, 0.2) is 0 Å². The van der Waals surface area contributed by atoms with Gasteiger partial charge >= 0.3 is 0 Å². The zero-order valence-electron chi connectivity index (χ0n) is 8.53. The van der Waals surface area contributed by atoms with Gasteiger partial charge in [0.05, 0.1) is 0 Å². The van der Waals surface area contributed by atoms with Crippen LogP contribution in [0.4, 0.5) is 4.39 Å². The summed E-state index contributed by atoms with van der Waals surface area (Å²) < 4.78 is 12.1. The zero-order valence-corrected chi connectivity index (χ0v) is 8.53. The van der Waals surface area contributed by atoms with E-state index in [9.17, 15) is 4.39 Å². The van der Waals surface area contributed by atoms with E-state index in [0.717, 1.165) is 13.1 Å². The van der Waals surface area contributed by atoms with E-state index >= 15 is 0 Å². The van der Waals surface area contributed by atoms with Crippen molar-refractivity contribution in [3.63, 3.8) is 0 Å². The zero-order chi connectivity index (χ0) is 9.36. The highest BCUT2D eigenvalue weighted by Crippen LogP contribution is 2.15. The molecule has 0 amide bonds. The summed E-state index contributed by atoms with van der Waals surface area (Å²) in [6, 6.07) is 0. The maximum atomic E-state index is 12.1. The maximum Gasteiger partial charge on any atom is 0.103 e. The van der Waals surface area contributed by atoms with Gasteiger partial charge in [-0.1, -0.05) is 38.5 Å². The Morgan fingerprint density at radius 3 is 1.38 bits per heavy atom. The van der Waals surface area contributed by atoms with Crippen molar-refractivity contribution in [2.24, 2.45) is 0 Å². The number of piperidine rings is 1. The summed E-state index contributed by atoms with van der Waals surface area (Å²) in [7, 11) is 0. The van der Waals surface area contributed by atoms with Gasteiger partial charge in [-0.3, -0.25) is 0 Å². The highest BCUT2D eigenvalue weighted by molar-refractivity contribution is 4.65. The fourth-order valence-electron chi connectivity index (χ4n) is 1.85. The molecule has 0 bridgehead atoms. The van der Waals surface area contributed by atoms with E-state index in [1.54, 1.807) is 0 Å². The highest BCUT2D eigenvalue weighted by Gasteiger charge is 2.09. The number of alkyl halides is 1. The molecule has 0 aromatic carbocycles. The molecule has 0 unspecified atom stereocenters. The van der Waals surface area contributed by atoms with Crippen molar-refractivity contribution in [2.75, 3.05) is 13.1 Å². The van der Waals surface area contributed by atoms with Crippen LogP contribution in [0.5, 0.6) is 0 Å². The molecular formula is C11H22FN. The van der Waals surface area contributed by atoms with Gasteiger partial charge in [0.15, 0.2) is 0 Å². The second-order valence-electron chi connectivity index (χ2n) is 4.05. The Kier molecular flexibility index (Phi) is 6.17. The van der Waals surface area contributed by atoms with Gasteiger partial charge < -0.3 is 5.32 Å². The van der Waals surface area contributed by atoms with Crippen LogP contribution in [-0.4, -0.2) is 19.3 Å². The standard InChI is InChI=1S/C6H12.C5H10FN/c1-2-4-6-5-3-1;6-5-1-3-7-4-2-5/h1-6H2;5,7H,1-4H2. The SMILES string of the molecule is C1CCCCC1.FC1CCNCC1. The Hall–Kier alpha value is -0.110. The molecule has 1 nitrogen and oxygen atoms in total. The Morgan fingerprint density at radius 1 is 0.769 bits per heavy atom. The van der Waals surface area contributed by atoms with Crippen LogP contribution in [0.1, 0.15) is 51.4 Å². The molecular weight excluding hydrogens is 165 g/mol. The minimum Gasteiger partial charge on any atom is -0.317 e. The predicted molar refractivity (Wildman–Crippen MR) is 54.7 cm³/mol. The van der Waals surface area contributed by atoms with Crippen LogP contribution >= 0.6 is 0 Å². The van der Waals surface area contributed by atoms with Crippen LogP contribution in [0.25, 0.3) is 0 Å². The van der Waals surface area contributed by atoms with E-state index in [2.05, 4.69) is 5.32 Å². The predicted octanol–water partition coefficient (Wildman–Crippen LogP) is 3.05. The molecule has 2 heteroatoms. The first-order valence-corrected chi connectivity index (χ1v) is 5.74. The first-order valence-electron chi connectivity index (χ1n) is 5.74. The molecule has 2 fully saturated rings. The Morgan fingerprint density at radius 2 is 1.15 bits per heavy atom. The Bertz CT molecular complexity index is 95.1. The van der Waals surface area contributed by atoms with Crippen molar-refractivity contribution in [1.29, 1.82) is 0 Å².